The van der Waals surface area contributed by atoms with Gasteiger partial charge in [-0.2, -0.15) is 0 Å². The molecule has 0 spiro atoms. The second kappa shape index (κ2) is 8.72. The van der Waals surface area contributed by atoms with Crippen LogP contribution in [0.3, 0.4) is 0 Å². The van der Waals surface area contributed by atoms with Crippen LogP contribution in [0, 0.1) is 11.8 Å². The van der Waals surface area contributed by atoms with E-state index in [0.717, 1.165) is 30.6 Å². The molecule has 0 saturated carbocycles. The van der Waals surface area contributed by atoms with Gasteiger partial charge in [0, 0.05) is 17.7 Å². The molecular formula is C23H21N. The summed E-state index contributed by atoms with van der Waals surface area (Å²) in [4.78, 5) is 0. The highest BCUT2D eigenvalue weighted by molar-refractivity contribution is 5.43. The molecule has 0 radical (unpaired) electrons. The molecule has 0 bridgehead atoms. The lowest BCUT2D eigenvalue weighted by atomic mass is 10.1. The summed E-state index contributed by atoms with van der Waals surface area (Å²) in [5.74, 6) is 6.39. The van der Waals surface area contributed by atoms with Crippen molar-refractivity contribution >= 4 is 0 Å². The molecule has 1 N–H and O–H groups in total. The average Bonchev–Trinajstić information content (AvgIpc) is 2.66. The average molecular weight is 311 g/mol. The van der Waals surface area contributed by atoms with E-state index in [2.05, 4.69) is 71.8 Å². The van der Waals surface area contributed by atoms with Crippen molar-refractivity contribution in [3.05, 3.63) is 107 Å². The summed E-state index contributed by atoms with van der Waals surface area (Å²) in [6.07, 6.45) is 1.06. The van der Waals surface area contributed by atoms with E-state index in [-0.39, 0.29) is 0 Å². The number of rotatable bonds is 5. The van der Waals surface area contributed by atoms with Crippen LogP contribution in [-0.2, 0) is 13.0 Å². The van der Waals surface area contributed by atoms with Gasteiger partial charge in [-0.1, -0.05) is 72.5 Å². The minimum Gasteiger partial charge on any atom is -0.312 e. The highest BCUT2D eigenvalue weighted by Crippen LogP contribution is 2.04. The van der Waals surface area contributed by atoms with Crippen LogP contribution in [0.4, 0.5) is 0 Å². The highest BCUT2D eigenvalue weighted by Gasteiger charge is 1.95. The topological polar surface area (TPSA) is 12.0 Å². The minimum absolute atomic E-state index is 0.888. The zero-order valence-corrected chi connectivity index (χ0v) is 13.7. The Hall–Kier alpha value is -2.82. The Kier molecular flexibility index (Phi) is 5.83. The van der Waals surface area contributed by atoms with Crippen LogP contribution < -0.4 is 5.32 Å². The van der Waals surface area contributed by atoms with Crippen molar-refractivity contribution in [1.29, 1.82) is 0 Å². The molecule has 118 valence electrons. The Morgan fingerprint density at radius 1 is 0.583 bits per heavy atom. The van der Waals surface area contributed by atoms with Crippen LogP contribution >= 0.6 is 0 Å². The van der Waals surface area contributed by atoms with Crippen molar-refractivity contribution < 1.29 is 0 Å². The molecule has 24 heavy (non-hydrogen) atoms. The second-order valence-electron chi connectivity index (χ2n) is 5.73. The van der Waals surface area contributed by atoms with Gasteiger partial charge >= 0.3 is 0 Å². The zero-order chi connectivity index (χ0) is 16.5. The molecule has 0 amide bonds. The van der Waals surface area contributed by atoms with E-state index in [1.807, 2.05) is 30.3 Å². The van der Waals surface area contributed by atoms with Crippen molar-refractivity contribution in [3.63, 3.8) is 0 Å². The number of hydrogen-bond acceptors (Lipinski definition) is 1. The van der Waals surface area contributed by atoms with Gasteiger partial charge in [0.05, 0.1) is 0 Å². The maximum Gasteiger partial charge on any atom is 0.0249 e. The standard InChI is InChI=1S/C23H21N/c1-3-7-20(8-4-1)11-12-22-13-15-23(16-14-22)19-24-18-17-21-9-5-2-6-10-21/h1-10,13-16,24H,17-19H2. The number of hydrogen-bond donors (Lipinski definition) is 1. The lowest BCUT2D eigenvalue weighted by molar-refractivity contribution is 0.687. The van der Waals surface area contributed by atoms with Gasteiger partial charge in [0.2, 0.25) is 0 Å². The van der Waals surface area contributed by atoms with Crippen molar-refractivity contribution in [2.24, 2.45) is 0 Å². The minimum atomic E-state index is 0.888. The van der Waals surface area contributed by atoms with Gasteiger partial charge in [-0.25, -0.2) is 0 Å². The summed E-state index contributed by atoms with van der Waals surface area (Å²) in [5.41, 5.74) is 4.75. The van der Waals surface area contributed by atoms with E-state index in [1.165, 1.54) is 11.1 Å². The summed E-state index contributed by atoms with van der Waals surface area (Å²) in [5, 5.41) is 3.49. The molecule has 0 aromatic heterocycles. The molecule has 0 aliphatic carbocycles. The van der Waals surface area contributed by atoms with E-state index >= 15 is 0 Å². The maximum absolute atomic E-state index is 3.49. The van der Waals surface area contributed by atoms with Crippen LogP contribution in [-0.4, -0.2) is 6.54 Å². The van der Waals surface area contributed by atoms with Gasteiger partial charge in [0.15, 0.2) is 0 Å². The third-order valence-corrected chi connectivity index (χ3v) is 3.84. The summed E-state index contributed by atoms with van der Waals surface area (Å²) in [6.45, 7) is 1.87. The SMILES string of the molecule is C(#Cc1ccc(CNCCc2ccccc2)cc1)c1ccccc1. The molecule has 0 fully saturated rings. The lowest BCUT2D eigenvalue weighted by Gasteiger charge is -2.05. The van der Waals surface area contributed by atoms with Gasteiger partial charge in [-0.3, -0.25) is 0 Å². The van der Waals surface area contributed by atoms with E-state index in [9.17, 15) is 0 Å². The van der Waals surface area contributed by atoms with Crippen LogP contribution in [0.25, 0.3) is 0 Å². The zero-order valence-electron chi connectivity index (χ0n) is 13.7. The Bertz CT molecular complexity index is 793. The Morgan fingerprint density at radius 3 is 1.83 bits per heavy atom. The number of benzene rings is 3. The highest BCUT2D eigenvalue weighted by atomic mass is 14.8. The fourth-order valence-corrected chi connectivity index (χ4v) is 2.48. The monoisotopic (exact) mass is 311 g/mol. The first-order valence-electron chi connectivity index (χ1n) is 8.31. The fraction of sp³-hybridized carbons (Fsp3) is 0.130. The molecule has 0 heterocycles. The van der Waals surface area contributed by atoms with E-state index in [1.54, 1.807) is 0 Å². The fourth-order valence-electron chi connectivity index (χ4n) is 2.48. The molecule has 0 unspecified atom stereocenters. The van der Waals surface area contributed by atoms with Gasteiger partial charge < -0.3 is 5.32 Å². The molecule has 3 aromatic carbocycles. The molecule has 1 nitrogen and oxygen atoms in total. The van der Waals surface area contributed by atoms with Crippen molar-refractivity contribution in [2.45, 2.75) is 13.0 Å². The van der Waals surface area contributed by atoms with Crippen LogP contribution in [0.2, 0.25) is 0 Å². The van der Waals surface area contributed by atoms with Gasteiger partial charge in [0.25, 0.3) is 0 Å². The van der Waals surface area contributed by atoms with E-state index < -0.39 is 0 Å². The van der Waals surface area contributed by atoms with Gasteiger partial charge in [-0.15, -0.1) is 0 Å². The molecule has 3 rings (SSSR count). The molecule has 0 aliphatic heterocycles. The molecule has 0 aliphatic rings. The van der Waals surface area contributed by atoms with Crippen molar-refractivity contribution in [2.75, 3.05) is 6.54 Å². The summed E-state index contributed by atoms with van der Waals surface area (Å²) in [6, 6.07) is 29.1. The van der Waals surface area contributed by atoms with E-state index in [0.29, 0.717) is 0 Å². The largest absolute Gasteiger partial charge is 0.312 e. The summed E-state index contributed by atoms with van der Waals surface area (Å²) >= 11 is 0. The van der Waals surface area contributed by atoms with Gasteiger partial charge in [-0.05, 0) is 48.4 Å². The first-order chi connectivity index (χ1) is 11.9. The number of nitrogens with one attached hydrogen (secondary N) is 1. The lowest BCUT2D eigenvalue weighted by Crippen LogP contribution is -2.16. The smallest absolute Gasteiger partial charge is 0.0249 e. The normalized spacial score (nSPS) is 10.0. The first-order valence-corrected chi connectivity index (χ1v) is 8.31. The predicted octanol–water partition coefficient (Wildman–Crippen LogP) is 4.42. The van der Waals surface area contributed by atoms with Crippen LogP contribution in [0.1, 0.15) is 22.3 Å². The Morgan fingerprint density at radius 2 is 1.17 bits per heavy atom. The third-order valence-electron chi connectivity index (χ3n) is 3.84. The Labute approximate surface area is 144 Å². The molecular weight excluding hydrogens is 290 g/mol. The molecule has 0 saturated heterocycles. The van der Waals surface area contributed by atoms with E-state index in [4.69, 9.17) is 0 Å². The maximum atomic E-state index is 3.49. The first kappa shape index (κ1) is 16.1. The summed E-state index contributed by atoms with van der Waals surface area (Å²) in [7, 11) is 0. The third kappa shape index (κ3) is 5.12. The second-order valence-corrected chi connectivity index (χ2v) is 5.73. The Balaban J connectivity index is 1.47. The molecule has 3 aromatic rings. The van der Waals surface area contributed by atoms with Crippen molar-refractivity contribution in [1.82, 2.24) is 5.32 Å². The molecule has 0 atom stereocenters. The van der Waals surface area contributed by atoms with Crippen molar-refractivity contribution in [3.8, 4) is 11.8 Å². The van der Waals surface area contributed by atoms with Crippen LogP contribution in [0.15, 0.2) is 84.9 Å². The predicted molar refractivity (Wildman–Crippen MR) is 101 cm³/mol. The quantitative estimate of drug-likeness (QED) is 0.543. The van der Waals surface area contributed by atoms with Crippen LogP contribution in [0.5, 0.6) is 0 Å². The van der Waals surface area contributed by atoms with Gasteiger partial charge in [0.1, 0.15) is 0 Å². The summed E-state index contributed by atoms with van der Waals surface area (Å²) < 4.78 is 0. The molecule has 1 heteroatoms.